The van der Waals surface area contributed by atoms with E-state index >= 15 is 0 Å². The zero-order valence-corrected chi connectivity index (χ0v) is 18.2. The molecular weight excluding hydrogens is 485 g/mol. The minimum atomic E-state index is -0.904. The van der Waals surface area contributed by atoms with Crippen LogP contribution in [-0.2, 0) is 22.4 Å². The van der Waals surface area contributed by atoms with E-state index in [1.54, 1.807) is 0 Å². The Labute approximate surface area is 182 Å². The van der Waals surface area contributed by atoms with Crippen LogP contribution < -0.4 is 5.32 Å². The van der Waals surface area contributed by atoms with Crippen LogP contribution in [0, 0.1) is 5.41 Å². The van der Waals surface area contributed by atoms with E-state index in [9.17, 15) is 19.2 Å². The third-order valence-electron chi connectivity index (χ3n) is 6.98. The summed E-state index contributed by atoms with van der Waals surface area (Å²) in [6, 6.07) is 2.87. The Morgan fingerprint density at radius 2 is 1.59 bits per heavy atom. The van der Waals surface area contributed by atoms with Gasteiger partial charge in [-0.1, -0.05) is 22.6 Å². The average molecular weight is 507 g/mol. The van der Waals surface area contributed by atoms with Gasteiger partial charge in [0.2, 0.25) is 11.8 Å². The van der Waals surface area contributed by atoms with E-state index < -0.39 is 23.8 Å². The van der Waals surface area contributed by atoms with E-state index in [1.165, 1.54) is 0 Å². The van der Waals surface area contributed by atoms with Crippen molar-refractivity contribution in [2.24, 2.45) is 5.41 Å². The van der Waals surface area contributed by atoms with Crippen LogP contribution >= 0.6 is 22.6 Å². The van der Waals surface area contributed by atoms with Crippen molar-refractivity contribution >= 4 is 46.2 Å². The van der Waals surface area contributed by atoms with Gasteiger partial charge in [-0.2, -0.15) is 0 Å². The zero-order chi connectivity index (χ0) is 20.3. The number of likely N-dealkylation sites (tertiary alicyclic amines) is 1. The fraction of sp³-hybridized carbons (Fsp3) is 0.524. The first-order chi connectivity index (χ1) is 13.9. The summed E-state index contributed by atoms with van der Waals surface area (Å²) in [5.74, 6) is -1.75. The Morgan fingerprint density at radius 1 is 1.00 bits per heavy atom. The number of fused-ring (bicyclic) bond motifs is 2. The van der Waals surface area contributed by atoms with Crippen LogP contribution in [0.25, 0.3) is 0 Å². The molecule has 1 N–H and O–H groups in total. The molecule has 1 spiro atoms. The Balaban J connectivity index is 1.41. The molecule has 152 valence electrons. The number of amides is 4. The van der Waals surface area contributed by atoms with Crippen molar-refractivity contribution in [1.82, 2.24) is 15.1 Å². The van der Waals surface area contributed by atoms with Crippen molar-refractivity contribution in [1.29, 1.82) is 0 Å². The summed E-state index contributed by atoms with van der Waals surface area (Å²) in [6.07, 6.45) is 4.50. The summed E-state index contributed by atoms with van der Waals surface area (Å²) >= 11 is 2.41. The second-order valence-electron chi connectivity index (χ2n) is 8.70. The highest BCUT2D eigenvalue weighted by Gasteiger charge is 2.47. The van der Waals surface area contributed by atoms with Crippen molar-refractivity contribution < 1.29 is 19.2 Å². The number of imide groups is 2. The minimum absolute atomic E-state index is 0.136. The quantitative estimate of drug-likeness (QED) is 0.285. The van der Waals surface area contributed by atoms with Crippen LogP contribution in [-0.4, -0.2) is 57.1 Å². The van der Waals surface area contributed by atoms with Gasteiger partial charge in [-0.05, 0) is 73.9 Å². The van der Waals surface area contributed by atoms with Gasteiger partial charge in [-0.15, -0.1) is 0 Å². The normalized spacial score (nSPS) is 26.1. The summed E-state index contributed by atoms with van der Waals surface area (Å²) in [5, 5.41) is 2.24. The lowest BCUT2D eigenvalue weighted by molar-refractivity contribution is -0.136. The Morgan fingerprint density at radius 3 is 2.10 bits per heavy atom. The zero-order valence-electron chi connectivity index (χ0n) is 16.0. The van der Waals surface area contributed by atoms with Crippen molar-refractivity contribution in [2.75, 3.05) is 17.6 Å². The number of carbonyl (C=O) groups excluding carboxylic acids is 4. The molecule has 1 aliphatic carbocycles. The van der Waals surface area contributed by atoms with Crippen LogP contribution in [0.2, 0.25) is 0 Å². The number of rotatable bonds is 2. The fourth-order valence-corrected chi connectivity index (χ4v) is 5.99. The van der Waals surface area contributed by atoms with Gasteiger partial charge in [-0.25, -0.2) is 0 Å². The molecule has 3 aliphatic heterocycles. The molecule has 5 rings (SSSR count). The number of hydrogen-bond acceptors (Lipinski definition) is 5. The van der Waals surface area contributed by atoms with Gasteiger partial charge >= 0.3 is 0 Å². The largest absolute Gasteiger partial charge is 0.295 e. The Kier molecular flexibility index (Phi) is 4.54. The lowest BCUT2D eigenvalue weighted by atomic mass is 9.76. The highest BCUT2D eigenvalue weighted by molar-refractivity contribution is 14.1. The van der Waals surface area contributed by atoms with Crippen LogP contribution in [0.1, 0.15) is 57.5 Å². The van der Waals surface area contributed by atoms with E-state index in [0.717, 1.165) is 59.4 Å². The SMILES string of the molecule is O=C1CCC(N2C(=O)c3cc4c(cc3C2=O)CC2(CCN(CI)CC2)C4)C(=O)N1. The standard InChI is InChI=1S/C21H22IN3O4/c22-11-24-5-3-21(4-6-24)9-12-7-14-15(8-13(12)10-21)20(29)25(19(14)28)16-1-2-17(26)23-18(16)27/h7-8,16H,1-6,9-11H2,(H,23,26,27). The first-order valence-electron chi connectivity index (χ1n) is 10.1. The monoisotopic (exact) mass is 507 g/mol. The molecule has 0 bridgehead atoms. The third kappa shape index (κ3) is 3.02. The molecule has 1 aromatic carbocycles. The van der Waals surface area contributed by atoms with Crippen molar-refractivity contribution in [3.8, 4) is 0 Å². The predicted molar refractivity (Wildman–Crippen MR) is 113 cm³/mol. The van der Waals surface area contributed by atoms with Gasteiger partial charge < -0.3 is 0 Å². The average Bonchev–Trinajstić information content (AvgIpc) is 3.16. The molecule has 0 radical (unpaired) electrons. The minimum Gasteiger partial charge on any atom is -0.295 e. The first kappa shape index (κ1) is 19.2. The number of alkyl halides is 1. The maximum Gasteiger partial charge on any atom is 0.262 e. The van der Waals surface area contributed by atoms with E-state index in [1.807, 2.05) is 12.1 Å². The summed E-state index contributed by atoms with van der Waals surface area (Å²) in [5.41, 5.74) is 3.38. The van der Waals surface area contributed by atoms with Crippen molar-refractivity contribution in [3.05, 3.63) is 34.4 Å². The number of piperidine rings is 2. The van der Waals surface area contributed by atoms with Crippen molar-refractivity contribution in [3.63, 3.8) is 0 Å². The molecular formula is C21H22IN3O4. The van der Waals surface area contributed by atoms with E-state index in [0.29, 0.717) is 11.1 Å². The number of carbonyl (C=O) groups is 4. The number of nitrogens with one attached hydrogen (secondary N) is 1. The molecule has 3 heterocycles. The smallest absolute Gasteiger partial charge is 0.262 e. The number of benzene rings is 1. The second-order valence-corrected chi connectivity index (χ2v) is 9.39. The van der Waals surface area contributed by atoms with E-state index in [4.69, 9.17) is 0 Å². The summed E-state index contributed by atoms with van der Waals surface area (Å²) < 4.78 is 1.05. The lowest BCUT2D eigenvalue weighted by Gasteiger charge is -2.38. The predicted octanol–water partition coefficient (Wildman–Crippen LogP) is 1.66. The van der Waals surface area contributed by atoms with Gasteiger partial charge in [-0.3, -0.25) is 34.3 Å². The topological polar surface area (TPSA) is 86.8 Å². The van der Waals surface area contributed by atoms with Crippen LogP contribution in [0.4, 0.5) is 0 Å². The molecule has 8 heteroatoms. The number of nitrogens with zero attached hydrogens (tertiary/aromatic N) is 2. The maximum atomic E-state index is 13.0. The van der Waals surface area contributed by atoms with Gasteiger partial charge in [0.1, 0.15) is 6.04 Å². The van der Waals surface area contributed by atoms with Gasteiger partial charge in [0, 0.05) is 6.42 Å². The van der Waals surface area contributed by atoms with Gasteiger partial charge in [0.05, 0.1) is 15.7 Å². The molecule has 1 unspecified atom stereocenters. The summed E-state index contributed by atoms with van der Waals surface area (Å²) in [6.45, 7) is 2.19. The molecule has 1 aromatic rings. The number of halogens is 1. The fourth-order valence-electron chi connectivity index (χ4n) is 5.31. The molecule has 2 saturated heterocycles. The first-order valence-corrected chi connectivity index (χ1v) is 11.6. The highest BCUT2D eigenvalue weighted by Crippen LogP contribution is 2.46. The number of hydrogen-bond donors (Lipinski definition) is 1. The molecule has 2 fully saturated rings. The highest BCUT2D eigenvalue weighted by atomic mass is 127. The lowest BCUT2D eigenvalue weighted by Crippen LogP contribution is -2.54. The maximum absolute atomic E-state index is 13.0. The molecule has 4 amide bonds. The van der Waals surface area contributed by atoms with Gasteiger partial charge in [0.15, 0.2) is 0 Å². The second kappa shape index (κ2) is 6.87. The molecule has 0 aromatic heterocycles. The summed E-state index contributed by atoms with van der Waals surface area (Å²) in [4.78, 5) is 53.2. The Hall–Kier alpha value is -1.81. The molecule has 29 heavy (non-hydrogen) atoms. The molecule has 4 aliphatic rings. The molecule has 7 nitrogen and oxygen atoms in total. The van der Waals surface area contributed by atoms with Crippen molar-refractivity contribution in [2.45, 2.75) is 44.6 Å². The van der Waals surface area contributed by atoms with Gasteiger partial charge in [0.25, 0.3) is 11.8 Å². The third-order valence-corrected chi connectivity index (χ3v) is 7.94. The molecule has 1 atom stereocenters. The van der Waals surface area contributed by atoms with Crippen LogP contribution in [0.3, 0.4) is 0 Å². The summed E-state index contributed by atoms with van der Waals surface area (Å²) in [7, 11) is 0. The van der Waals surface area contributed by atoms with E-state index in [2.05, 4.69) is 32.8 Å². The Bertz CT molecular complexity index is 904. The molecule has 0 saturated carbocycles. The van der Waals surface area contributed by atoms with Crippen LogP contribution in [0.15, 0.2) is 12.1 Å². The van der Waals surface area contributed by atoms with E-state index in [-0.39, 0.29) is 24.2 Å². The van der Waals surface area contributed by atoms with Crippen LogP contribution in [0.5, 0.6) is 0 Å².